The molecule has 0 spiro atoms. The standard InChI is InChI=1S/C6H10O3.C2H6O/c7-6(8)5-3-1-2-4-9-5;1-2-3/h5H,1-4H2,(H,7,8);3H,2H2,1H3. The number of hydrogen-bond donors (Lipinski definition) is 2. The number of hydrogen-bond acceptors (Lipinski definition) is 3. The third-order valence-corrected chi connectivity index (χ3v) is 1.46. The number of carbonyl (C=O) groups is 1. The van der Waals surface area contributed by atoms with Crippen LogP contribution in [-0.4, -0.2) is 35.5 Å². The minimum atomic E-state index is -0.824. The van der Waals surface area contributed by atoms with Crippen LogP contribution in [0, 0.1) is 0 Å². The Labute approximate surface area is 72.2 Å². The largest absolute Gasteiger partial charge is 0.479 e. The molecule has 1 rings (SSSR count). The number of rotatable bonds is 1. The van der Waals surface area contributed by atoms with Crippen LogP contribution in [0.5, 0.6) is 0 Å². The highest BCUT2D eigenvalue weighted by Crippen LogP contribution is 2.11. The van der Waals surface area contributed by atoms with Crippen LogP contribution in [0.15, 0.2) is 0 Å². The van der Waals surface area contributed by atoms with Gasteiger partial charge in [-0.25, -0.2) is 4.79 Å². The fraction of sp³-hybridized carbons (Fsp3) is 0.875. The van der Waals surface area contributed by atoms with Crippen LogP contribution in [0.25, 0.3) is 0 Å². The van der Waals surface area contributed by atoms with Gasteiger partial charge in [0.15, 0.2) is 6.10 Å². The summed E-state index contributed by atoms with van der Waals surface area (Å²) in [7, 11) is 0. The Kier molecular flexibility index (Phi) is 6.70. The highest BCUT2D eigenvalue weighted by molar-refractivity contribution is 5.72. The van der Waals surface area contributed by atoms with E-state index in [2.05, 4.69) is 0 Å². The Morgan fingerprint density at radius 2 is 2.17 bits per heavy atom. The predicted octanol–water partition coefficient (Wildman–Crippen LogP) is 0.639. The Hall–Kier alpha value is -0.610. The van der Waals surface area contributed by atoms with Gasteiger partial charge in [0, 0.05) is 13.2 Å². The number of carboxylic acid groups (broad SMARTS) is 1. The average molecular weight is 176 g/mol. The second-order valence-electron chi connectivity index (χ2n) is 2.51. The van der Waals surface area contributed by atoms with Crippen LogP contribution in [0.2, 0.25) is 0 Å². The molecular formula is C8H16O4. The van der Waals surface area contributed by atoms with Crippen molar-refractivity contribution in [2.75, 3.05) is 13.2 Å². The first-order chi connectivity index (χ1) is 5.72. The maximum absolute atomic E-state index is 10.2. The van der Waals surface area contributed by atoms with Gasteiger partial charge >= 0.3 is 5.97 Å². The summed E-state index contributed by atoms with van der Waals surface area (Å²) in [4.78, 5) is 10.2. The van der Waals surface area contributed by atoms with E-state index in [9.17, 15) is 4.79 Å². The van der Waals surface area contributed by atoms with Gasteiger partial charge in [0.05, 0.1) is 0 Å². The molecule has 0 aliphatic carbocycles. The van der Waals surface area contributed by atoms with Crippen LogP contribution >= 0.6 is 0 Å². The van der Waals surface area contributed by atoms with Crippen molar-refractivity contribution >= 4 is 5.97 Å². The quantitative estimate of drug-likeness (QED) is 0.615. The fourth-order valence-electron chi connectivity index (χ4n) is 0.935. The summed E-state index contributed by atoms with van der Waals surface area (Å²) in [6.07, 6.45) is 2.13. The van der Waals surface area contributed by atoms with Gasteiger partial charge in [-0.3, -0.25) is 0 Å². The fourth-order valence-corrected chi connectivity index (χ4v) is 0.935. The van der Waals surface area contributed by atoms with Gasteiger partial charge in [0.2, 0.25) is 0 Å². The topological polar surface area (TPSA) is 66.8 Å². The third kappa shape index (κ3) is 5.09. The van der Waals surface area contributed by atoms with Crippen LogP contribution in [0.1, 0.15) is 26.2 Å². The lowest BCUT2D eigenvalue weighted by Gasteiger charge is -2.17. The molecule has 4 heteroatoms. The molecule has 0 radical (unpaired) electrons. The predicted molar refractivity (Wildman–Crippen MR) is 44.0 cm³/mol. The van der Waals surface area contributed by atoms with Crippen LogP contribution < -0.4 is 0 Å². The summed E-state index contributed by atoms with van der Waals surface area (Å²) >= 11 is 0. The van der Waals surface area contributed by atoms with Crippen LogP contribution in [0.4, 0.5) is 0 Å². The Balaban J connectivity index is 0.000000354. The molecule has 1 aliphatic rings. The minimum Gasteiger partial charge on any atom is -0.479 e. The van der Waals surface area contributed by atoms with Crippen LogP contribution in [0.3, 0.4) is 0 Å². The average Bonchev–Trinajstić information content (AvgIpc) is 2.07. The molecule has 0 saturated carbocycles. The van der Waals surface area contributed by atoms with E-state index in [0.29, 0.717) is 13.0 Å². The molecule has 1 saturated heterocycles. The van der Waals surface area contributed by atoms with E-state index in [0.717, 1.165) is 12.8 Å². The monoisotopic (exact) mass is 176 g/mol. The molecule has 4 nitrogen and oxygen atoms in total. The molecular weight excluding hydrogens is 160 g/mol. The Morgan fingerprint density at radius 1 is 1.58 bits per heavy atom. The number of ether oxygens (including phenoxy) is 1. The van der Waals surface area contributed by atoms with E-state index in [1.807, 2.05) is 0 Å². The van der Waals surface area contributed by atoms with Crippen LogP contribution in [-0.2, 0) is 9.53 Å². The van der Waals surface area contributed by atoms with E-state index < -0.39 is 12.1 Å². The maximum atomic E-state index is 10.2. The maximum Gasteiger partial charge on any atom is 0.332 e. The molecule has 0 bridgehead atoms. The molecule has 12 heavy (non-hydrogen) atoms. The van der Waals surface area contributed by atoms with E-state index in [4.69, 9.17) is 14.9 Å². The van der Waals surface area contributed by atoms with Crippen molar-refractivity contribution in [3.63, 3.8) is 0 Å². The first-order valence-corrected chi connectivity index (χ1v) is 4.17. The van der Waals surface area contributed by atoms with Crippen molar-refractivity contribution in [3.8, 4) is 0 Å². The summed E-state index contributed by atoms with van der Waals surface area (Å²) < 4.78 is 4.94. The van der Waals surface area contributed by atoms with Gasteiger partial charge in [0.1, 0.15) is 0 Å². The molecule has 0 aromatic carbocycles. The molecule has 1 unspecified atom stereocenters. The third-order valence-electron chi connectivity index (χ3n) is 1.46. The molecule has 2 N–H and O–H groups in total. The number of carboxylic acids is 1. The first-order valence-electron chi connectivity index (χ1n) is 4.17. The zero-order valence-electron chi connectivity index (χ0n) is 7.32. The molecule has 0 aromatic rings. The zero-order chi connectivity index (χ0) is 9.40. The van der Waals surface area contributed by atoms with Crippen molar-refractivity contribution in [3.05, 3.63) is 0 Å². The van der Waals surface area contributed by atoms with Gasteiger partial charge in [0.25, 0.3) is 0 Å². The second kappa shape index (κ2) is 7.06. The Morgan fingerprint density at radius 3 is 2.42 bits per heavy atom. The highest BCUT2D eigenvalue weighted by Gasteiger charge is 2.20. The van der Waals surface area contributed by atoms with E-state index in [1.54, 1.807) is 6.92 Å². The summed E-state index contributed by atoms with van der Waals surface area (Å²) in [5.74, 6) is -0.824. The lowest BCUT2D eigenvalue weighted by atomic mass is 10.1. The normalized spacial score (nSPS) is 22.3. The molecule has 1 heterocycles. The van der Waals surface area contributed by atoms with Crippen molar-refractivity contribution < 1.29 is 19.7 Å². The molecule has 1 fully saturated rings. The van der Waals surface area contributed by atoms with Gasteiger partial charge in [-0.05, 0) is 26.2 Å². The summed E-state index contributed by atoms with van der Waals surface area (Å²) in [6.45, 7) is 2.54. The summed E-state index contributed by atoms with van der Waals surface area (Å²) in [6, 6.07) is 0. The first kappa shape index (κ1) is 11.4. The SMILES string of the molecule is CCO.O=C(O)C1CCCCO1. The van der Waals surface area contributed by atoms with E-state index in [-0.39, 0.29) is 6.61 Å². The van der Waals surface area contributed by atoms with E-state index in [1.165, 1.54) is 0 Å². The lowest BCUT2D eigenvalue weighted by Crippen LogP contribution is -2.27. The highest BCUT2D eigenvalue weighted by atomic mass is 16.5. The van der Waals surface area contributed by atoms with Crippen molar-refractivity contribution in [2.24, 2.45) is 0 Å². The molecule has 0 amide bonds. The van der Waals surface area contributed by atoms with E-state index >= 15 is 0 Å². The smallest absolute Gasteiger partial charge is 0.332 e. The molecule has 0 aromatic heterocycles. The number of aliphatic hydroxyl groups excluding tert-OH is 1. The number of aliphatic carboxylic acids is 1. The molecule has 1 aliphatic heterocycles. The number of aliphatic hydroxyl groups is 1. The van der Waals surface area contributed by atoms with Gasteiger partial charge in [-0.2, -0.15) is 0 Å². The van der Waals surface area contributed by atoms with Crippen molar-refractivity contribution in [1.82, 2.24) is 0 Å². The van der Waals surface area contributed by atoms with Gasteiger partial charge in [-0.1, -0.05) is 0 Å². The van der Waals surface area contributed by atoms with Gasteiger partial charge < -0.3 is 14.9 Å². The molecule has 1 atom stereocenters. The van der Waals surface area contributed by atoms with Crippen molar-refractivity contribution in [2.45, 2.75) is 32.3 Å². The second-order valence-corrected chi connectivity index (χ2v) is 2.51. The summed E-state index contributed by atoms with van der Waals surface area (Å²) in [5.41, 5.74) is 0. The lowest BCUT2D eigenvalue weighted by molar-refractivity contribution is -0.153. The van der Waals surface area contributed by atoms with Crippen molar-refractivity contribution in [1.29, 1.82) is 0 Å². The zero-order valence-corrected chi connectivity index (χ0v) is 7.32. The summed E-state index contributed by atoms with van der Waals surface area (Å²) in [5, 5.41) is 16.0. The minimum absolute atomic E-state index is 0.250. The van der Waals surface area contributed by atoms with Gasteiger partial charge in [-0.15, -0.1) is 0 Å². The Bertz CT molecular complexity index is 118. The molecule has 72 valence electrons.